The van der Waals surface area contributed by atoms with Crippen molar-refractivity contribution in [2.45, 2.75) is 13.0 Å². The van der Waals surface area contributed by atoms with Crippen LogP contribution in [-0.2, 0) is 0 Å². The van der Waals surface area contributed by atoms with Gasteiger partial charge in [-0.2, -0.15) is 5.21 Å². The molecule has 0 aliphatic rings. The van der Waals surface area contributed by atoms with Crippen molar-refractivity contribution < 1.29 is 4.92 Å². The summed E-state index contributed by atoms with van der Waals surface area (Å²) >= 11 is 5.70. The van der Waals surface area contributed by atoms with Crippen molar-refractivity contribution in [2.75, 3.05) is 5.32 Å². The van der Waals surface area contributed by atoms with E-state index in [4.69, 9.17) is 11.6 Å². The number of nitro groups is 1. The maximum absolute atomic E-state index is 10.7. The molecule has 9 nitrogen and oxygen atoms in total. The van der Waals surface area contributed by atoms with E-state index in [2.05, 4.69) is 30.9 Å². The molecule has 0 fully saturated rings. The van der Waals surface area contributed by atoms with Crippen LogP contribution >= 0.6 is 11.6 Å². The highest BCUT2D eigenvalue weighted by Gasteiger charge is 2.14. The second-order valence-corrected chi connectivity index (χ2v) is 3.81. The fraction of sp³-hybridized carbons (Fsp3) is 0.250. The number of nitrogens with one attached hydrogen (secondary N) is 2. The fourth-order valence-corrected chi connectivity index (χ4v) is 1.50. The third-order valence-electron chi connectivity index (χ3n) is 2.10. The Morgan fingerprint density at radius 1 is 1.56 bits per heavy atom. The van der Waals surface area contributed by atoms with Gasteiger partial charge in [0.15, 0.2) is 5.82 Å². The summed E-state index contributed by atoms with van der Waals surface area (Å²) in [5.41, 5.74) is -0.141. The Kier molecular flexibility index (Phi) is 3.33. The van der Waals surface area contributed by atoms with E-state index in [1.54, 1.807) is 6.92 Å². The summed E-state index contributed by atoms with van der Waals surface area (Å²) in [5.74, 6) is 0.686. The molecule has 2 heterocycles. The van der Waals surface area contributed by atoms with Crippen LogP contribution in [0.3, 0.4) is 0 Å². The molecule has 10 heteroatoms. The standard InChI is InChI=1S/C8H8ClN7O2/c1-4(8-12-14-15-13-8)10-7-3-5(16(17)18)2-6(9)11-7/h2-4H,1H3,(H,10,11)(H,12,13,14,15). The fourth-order valence-electron chi connectivity index (χ4n) is 1.30. The molecule has 2 rings (SSSR count). The number of H-pyrrole nitrogens is 1. The van der Waals surface area contributed by atoms with Gasteiger partial charge in [-0.3, -0.25) is 10.1 Å². The summed E-state index contributed by atoms with van der Waals surface area (Å²) in [7, 11) is 0. The van der Waals surface area contributed by atoms with Crippen molar-refractivity contribution in [1.82, 2.24) is 25.6 Å². The van der Waals surface area contributed by atoms with E-state index in [9.17, 15) is 10.1 Å². The van der Waals surface area contributed by atoms with Crippen LogP contribution in [0.2, 0.25) is 5.15 Å². The maximum Gasteiger partial charge on any atom is 0.276 e. The van der Waals surface area contributed by atoms with Gasteiger partial charge >= 0.3 is 0 Å². The van der Waals surface area contributed by atoms with E-state index in [-0.39, 0.29) is 22.7 Å². The molecule has 2 N–H and O–H groups in total. The number of rotatable bonds is 4. The first-order valence-electron chi connectivity index (χ1n) is 4.88. The highest BCUT2D eigenvalue weighted by molar-refractivity contribution is 6.29. The van der Waals surface area contributed by atoms with Crippen LogP contribution in [-0.4, -0.2) is 30.5 Å². The van der Waals surface area contributed by atoms with Gasteiger partial charge in [0, 0.05) is 0 Å². The Bertz CT molecular complexity index is 559. The van der Waals surface area contributed by atoms with Gasteiger partial charge in [0.25, 0.3) is 5.69 Å². The highest BCUT2D eigenvalue weighted by Crippen LogP contribution is 2.22. The Hall–Kier alpha value is -2.29. The molecule has 1 unspecified atom stereocenters. The Morgan fingerprint density at radius 3 is 2.94 bits per heavy atom. The largest absolute Gasteiger partial charge is 0.360 e. The van der Waals surface area contributed by atoms with Crippen molar-refractivity contribution in [3.63, 3.8) is 0 Å². The van der Waals surface area contributed by atoms with Gasteiger partial charge in [0.05, 0.1) is 23.1 Å². The lowest BCUT2D eigenvalue weighted by atomic mass is 10.3. The third-order valence-corrected chi connectivity index (χ3v) is 2.30. The predicted octanol–water partition coefficient (Wildman–Crippen LogP) is 1.33. The molecule has 2 aromatic rings. The van der Waals surface area contributed by atoms with Crippen molar-refractivity contribution in [1.29, 1.82) is 0 Å². The Morgan fingerprint density at radius 2 is 2.33 bits per heavy atom. The lowest BCUT2D eigenvalue weighted by Gasteiger charge is -2.10. The van der Waals surface area contributed by atoms with Crippen LogP contribution < -0.4 is 5.32 Å². The second-order valence-electron chi connectivity index (χ2n) is 3.43. The van der Waals surface area contributed by atoms with Crippen LogP contribution in [0.1, 0.15) is 18.8 Å². The van der Waals surface area contributed by atoms with Crippen LogP contribution in [0.15, 0.2) is 12.1 Å². The molecule has 94 valence electrons. The SMILES string of the molecule is CC(Nc1cc([N+](=O)[O-])cc(Cl)n1)c1nn[nH]n1. The van der Waals surface area contributed by atoms with Gasteiger partial charge in [-0.25, -0.2) is 4.98 Å². The van der Waals surface area contributed by atoms with Gasteiger partial charge in [-0.1, -0.05) is 16.8 Å². The zero-order valence-electron chi connectivity index (χ0n) is 9.16. The summed E-state index contributed by atoms with van der Waals surface area (Å²) in [6.45, 7) is 1.76. The van der Waals surface area contributed by atoms with Crippen molar-refractivity contribution in [2.24, 2.45) is 0 Å². The van der Waals surface area contributed by atoms with Gasteiger partial charge in [0.1, 0.15) is 11.0 Å². The summed E-state index contributed by atoms with van der Waals surface area (Å²) in [6.07, 6.45) is 0. The molecule has 2 aromatic heterocycles. The molecule has 0 amide bonds. The zero-order chi connectivity index (χ0) is 13.1. The number of aromatic amines is 1. The van der Waals surface area contributed by atoms with E-state index in [0.29, 0.717) is 5.82 Å². The molecule has 0 aliphatic heterocycles. The van der Waals surface area contributed by atoms with E-state index >= 15 is 0 Å². The summed E-state index contributed by atoms with van der Waals surface area (Å²) in [4.78, 5) is 14.1. The van der Waals surface area contributed by atoms with E-state index < -0.39 is 4.92 Å². The topological polar surface area (TPSA) is 123 Å². The molecule has 0 radical (unpaired) electrons. The molecule has 0 saturated carbocycles. The minimum absolute atomic E-state index is 0.0343. The molecule has 1 atom stereocenters. The first kappa shape index (κ1) is 12.2. The zero-order valence-corrected chi connectivity index (χ0v) is 9.92. The van der Waals surface area contributed by atoms with Crippen molar-refractivity contribution in [3.05, 3.63) is 33.2 Å². The van der Waals surface area contributed by atoms with Crippen LogP contribution in [0.25, 0.3) is 0 Å². The number of anilines is 1. The maximum atomic E-state index is 10.7. The second kappa shape index (κ2) is 4.92. The number of nitrogens with zero attached hydrogens (tertiary/aromatic N) is 5. The number of hydrogen-bond acceptors (Lipinski definition) is 7. The van der Waals surface area contributed by atoms with Crippen LogP contribution in [0.4, 0.5) is 11.5 Å². The van der Waals surface area contributed by atoms with Gasteiger partial charge in [0.2, 0.25) is 0 Å². The number of aromatic nitrogens is 5. The first-order valence-corrected chi connectivity index (χ1v) is 5.26. The molecule has 0 aromatic carbocycles. The van der Waals surface area contributed by atoms with Gasteiger partial charge in [-0.15, -0.1) is 10.2 Å². The Balaban J connectivity index is 2.21. The molecule has 0 bridgehead atoms. The van der Waals surface area contributed by atoms with Crippen molar-refractivity contribution >= 4 is 23.1 Å². The van der Waals surface area contributed by atoms with E-state index in [1.165, 1.54) is 12.1 Å². The van der Waals surface area contributed by atoms with Crippen LogP contribution in [0.5, 0.6) is 0 Å². The minimum Gasteiger partial charge on any atom is -0.360 e. The quantitative estimate of drug-likeness (QED) is 0.487. The van der Waals surface area contributed by atoms with Crippen LogP contribution in [0, 0.1) is 10.1 Å². The minimum atomic E-state index is -0.544. The number of hydrogen-bond donors (Lipinski definition) is 2. The van der Waals surface area contributed by atoms with E-state index in [0.717, 1.165) is 0 Å². The molecule has 0 saturated heterocycles. The van der Waals surface area contributed by atoms with Crippen molar-refractivity contribution in [3.8, 4) is 0 Å². The smallest absolute Gasteiger partial charge is 0.276 e. The molecular weight excluding hydrogens is 262 g/mol. The average molecular weight is 270 g/mol. The molecule has 0 spiro atoms. The molecular formula is C8H8ClN7O2. The summed E-state index contributed by atoms with van der Waals surface area (Å²) in [5, 5.41) is 26.9. The lowest BCUT2D eigenvalue weighted by molar-refractivity contribution is -0.384. The highest BCUT2D eigenvalue weighted by atomic mass is 35.5. The third kappa shape index (κ3) is 2.69. The summed E-state index contributed by atoms with van der Waals surface area (Å²) in [6, 6.07) is 2.14. The van der Waals surface area contributed by atoms with E-state index in [1.807, 2.05) is 0 Å². The summed E-state index contributed by atoms with van der Waals surface area (Å²) < 4.78 is 0. The lowest BCUT2D eigenvalue weighted by Crippen LogP contribution is -2.10. The predicted molar refractivity (Wildman–Crippen MR) is 62.1 cm³/mol. The normalized spacial score (nSPS) is 12.1. The molecule has 18 heavy (non-hydrogen) atoms. The Labute approximate surface area is 106 Å². The molecule has 0 aliphatic carbocycles. The first-order chi connectivity index (χ1) is 8.56. The monoisotopic (exact) mass is 269 g/mol. The number of pyridine rings is 1. The number of halogens is 1. The number of tetrazole rings is 1. The van der Waals surface area contributed by atoms with Gasteiger partial charge in [-0.05, 0) is 6.92 Å². The average Bonchev–Trinajstić information content (AvgIpc) is 2.81. The van der Waals surface area contributed by atoms with Gasteiger partial charge < -0.3 is 5.32 Å².